The van der Waals surface area contributed by atoms with Crippen LogP contribution in [0.2, 0.25) is 0 Å². The number of hydrogen-bond acceptors (Lipinski definition) is 6. The van der Waals surface area contributed by atoms with Crippen LogP contribution in [-0.4, -0.2) is 36.7 Å². The Morgan fingerprint density at radius 3 is 3.10 bits per heavy atom. The first-order chi connectivity index (χ1) is 9.83. The van der Waals surface area contributed by atoms with Crippen LogP contribution in [0.15, 0.2) is 41.0 Å². The zero-order chi connectivity index (χ0) is 13.8. The van der Waals surface area contributed by atoms with Gasteiger partial charge in [-0.1, -0.05) is 17.8 Å². The Morgan fingerprint density at radius 1 is 1.40 bits per heavy atom. The van der Waals surface area contributed by atoms with Crippen molar-refractivity contribution in [2.24, 2.45) is 0 Å². The molecule has 0 atom stereocenters. The number of nitrogens with zero attached hydrogens (tertiary/aromatic N) is 4. The molecule has 0 fully saturated rings. The summed E-state index contributed by atoms with van der Waals surface area (Å²) in [6, 6.07) is 7.59. The van der Waals surface area contributed by atoms with E-state index in [1.165, 1.54) is 16.6 Å². The zero-order valence-electron chi connectivity index (χ0n) is 10.4. The molecule has 6 nitrogen and oxygen atoms in total. The first-order valence-electron chi connectivity index (χ1n) is 5.91. The number of rotatable bonds is 6. The predicted octanol–water partition coefficient (Wildman–Crippen LogP) is 2.09. The molecule has 20 heavy (non-hydrogen) atoms. The summed E-state index contributed by atoms with van der Waals surface area (Å²) in [5.41, 5.74) is 0.606. The van der Waals surface area contributed by atoms with Crippen molar-refractivity contribution < 1.29 is 4.79 Å². The van der Waals surface area contributed by atoms with E-state index in [2.05, 4.69) is 20.5 Å². The van der Waals surface area contributed by atoms with Gasteiger partial charge in [0.15, 0.2) is 5.78 Å². The number of nitrogens with one attached hydrogen (secondary N) is 1. The number of tetrazole rings is 1. The largest absolute Gasteiger partial charge is 0.359 e. The molecular formula is C12H11N5OS2. The van der Waals surface area contributed by atoms with Crippen molar-refractivity contribution in [3.63, 3.8) is 0 Å². The number of ketones is 1. The lowest BCUT2D eigenvalue weighted by molar-refractivity contribution is 0.101. The normalized spacial score (nSPS) is 10.8. The third-order valence-electron chi connectivity index (χ3n) is 2.62. The monoisotopic (exact) mass is 305 g/mol. The van der Waals surface area contributed by atoms with Crippen LogP contribution in [0.1, 0.15) is 15.4 Å². The number of Topliss-reactive ketones (excluding diaryl/α,β-unsaturated/α-hetero) is 1. The van der Waals surface area contributed by atoms with E-state index in [1.807, 2.05) is 17.5 Å². The average molecular weight is 305 g/mol. The van der Waals surface area contributed by atoms with Gasteiger partial charge in [-0.15, -0.1) is 16.4 Å². The lowest BCUT2D eigenvalue weighted by atomic mass is 10.3. The molecule has 3 heterocycles. The van der Waals surface area contributed by atoms with Gasteiger partial charge >= 0.3 is 0 Å². The van der Waals surface area contributed by atoms with Gasteiger partial charge in [-0.25, -0.2) is 4.68 Å². The third kappa shape index (κ3) is 2.97. The number of thioether (sulfide) groups is 1. The van der Waals surface area contributed by atoms with Gasteiger partial charge < -0.3 is 4.98 Å². The molecule has 3 aromatic rings. The van der Waals surface area contributed by atoms with Crippen molar-refractivity contribution in [1.29, 1.82) is 0 Å². The molecule has 102 valence electrons. The van der Waals surface area contributed by atoms with E-state index in [-0.39, 0.29) is 5.78 Å². The Hall–Kier alpha value is -1.93. The Morgan fingerprint density at radius 2 is 2.35 bits per heavy atom. The highest BCUT2D eigenvalue weighted by molar-refractivity contribution is 7.99. The van der Waals surface area contributed by atoms with Gasteiger partial charge in [-0.3, -0.25) is 4.79 Å². The van der Waals surface area contributed by atoms with E-state index >= 15 is 0 Å². The van der Waals surface area contributed by atoms with Crippen LogP contribution in [0.5, 0.6) is 0 Å². The van der Waals surface area contributed by atoms with Crippen molar-refractivity contribution in [3.8, 4) is 0 Å². The highest BCUT2D eigenvalue weighted by atomic mass is 32.2. The number of thiophene rings is 1. The van der Waals surface area contributed by atoms with Gasteiger partial charge in [0.1, 0.15) is 0 Å². The molecule has 0 bridgehead atoms. The Kier molecular flexibility index (Phi) is 3.93. The first kappa shape index (κ1) is 13.1. The summed E-state index contributed by atoms with van der Waals surface area (Å²) < 4.78 is 1.71. The zero-order valence-corrected chi connectivity index (χ0v) is 12.0. The molecule has 0 saturated heterocycles. The fraction of sp³-hybridized carbons (Fsp3) is 0.167. The van der Waals surface area contributed by atoms with E-state index in [0.29, 0.717) is 23.1 Å². The van der Waals surface area contributed by atoms with Crippen LogP contribution >= 0.6 is 23.1 Å². The molecule has 0 aliphatic carbocycles. The lowest BCUT2D eigenvalue weighted by Crippen LogP contribution is -2.06. The molecule has 1 N–H and O–H groups in total. The second kappa shape index (κ2) is 6.02. The second-order valence-corrected chi connectivity index (χ2v) is 5.97. The molecule has 0 radical (unpaired) electrons. The van der Waals surface area contributed by atoms with Crippen LogP contribution in [0.4, 0.5) is 0 Å². The summed E-state index contributed by atoms with van der Waals surface area (Å²) >= 11 is 3.00. The summed E-state index contributed by atoms with van der Waals surface area (Å²) in [7, 11) is 0. The summed E-state index contributed by atoms with van der Waals surface area (Å²) in [5, 5.41) is 14.2. The van der Waals surface area contributed by atoms with Crippen LogP contribution in [0.25, 0.3) is 0 Å². The predicted molar refractivity (Wildman–Crippen MR) is 77.1 cm³/mol. The molecule has 0 spiro atoms. The summed E-state index contributed by atoms with van der Waals surface area (Å²) in [5.74, 6) is 0.344. The van der Waals surface area contributed by atoms with Crippen LogP contribution in [0, 0.1) is 0 Å². The maximum atomic E-state index is 11.9. The SMILES string of the molecule is O=C(CSc1nnnn1Cc1cccs1)c1ccc[nH]1. The topological polar surface area (TPSA) is 76.5 Å². The Balaban J connectivity index is 1.63. The quantitative estimate of drug-likeness (QED) is 0.557. The van der Waals surface area contributed by atoms with Crippen LogP contribution < -0.4 is 0 Å². The molecule has 0 aromatic carbocycles. The van der Waals surface area contributed by atoms with Crippen LogP contribution in [0.3, 0.4) is 0 Å². The molecule has 0 amide bonds. The lowest BCUT2D eigenvalue weighted by Gasteiger charge is -2.02. The van der Waals surface area contributed by atoms with Gasteiger partial charge in [0.05, 0.1) is 18.0 Å². The van der Waals surface area contributed by atoms with E-state index in [4.69, 9.17) is 0 Å². The van der Waals surface area contributed by atoms with Gasteiger partial charge in [0.2, 0.25) is 5.16 Å². The minimum Gasteiger partial charge on any atom is -0.359 e. The molecule has 0 aliphatic heterocycles. The molecule has 0 aliphatic rings. The molecule has 0 unspecified atom stereocenters. The molecule has 8 heteroatoms. The van der Waals surface area contributed by atoms with Gasteiger partial charge in [-0.2, -0.15) is 0 Å². The first-order valence-corrected chi connectivity index (χ1v) is 7.77. The number of carbonyl (C=O) groups is 1. The number of hydrogen-bond donors (Lipinski definition) is 1. The average Bonchev–Trinajstić information content (AvgIpc) is 3.20. The summed E-state index contributed by atoms with van der Waals surface area (Å²) in [6.07, 6.45) is 1.73. The van der Waals surface area contributed by atoms with Crippen molar-refractivity contribution in [1.82, 2.24) is 25.2 Å². The number of carbonyl (C=O) groups excluding carboxylic acids is 1. The molecule has 3 rings (SSSR count). The third-order valence-corrected chi connectivity index (χ3v) is 4.43. The van der Waals surface area contributed by atoms with E-state index in [0.717, 1.165) is 0 Å². The fourth-order valence-corrected chi connectivity index (χ4v) is 3.11. The Bertz CT molecular complexity index is 675. The van der Waals surface area contributed by atoms with Gasteiger partial charge in [0, 0.05) is 11.1 Å². The summed E-state index contributed by atoms with van der Waals surface area (Å²) in [4.78, 5) is 16.0. The van der Waals surface area contributed by atoms with Crippen molar-refractivity contribution in [2.45, 2.75) is 11.7 Å². The second-order valence-electron chi connectivity index (χ2n) is 3.99. The van der Waals surface area contributed by atoms with E-state index < -0.39 is 0 Å². The number of H-pyrrole nitrogens is 1. The van der Waals surface area contributed by atoms with Crippen molar-refractivity contribution in [3.05, 3.63) is 46.4 Å². The molecule has 3 aromatic heterocycles. The van der Waals surface area contributed by atoms with Gasteiger partial charge in [0.25, 0.3) is 0 Å². The smallest absolute Gasteiger partial charge is 0.210 e. The standard InChI is InChI=1S/C12H11N5OS2/c18-11(10-4-1-5-13-10)8-20-12-14-15-16-17(12)7-9-3-2-6-19-9/h1-6,13H,7-8H2. The highest BCUT2D eigenvalue weighted by Gasteiger charge is 2.12. The maximum Gasteiger partial charge on any atom is 0.210 e. The van der Waals surface area contributed by atoms with E-state index in [9.17, 15) is 4.79 Å². The highest BCUT2D eigenvalue weighted by Crippen LogP contribution is 2.18. The number of aromatic nitrogens is 5. The van der Waals surface area contributed by atoms with Gasteiger partial charge in [-0.05, 0) is 34.0 Å². The number of aromatic amines is 1. The summed E-state index contributed by atoms with van der Waals surface area (Å²) in [6.45, 7) is 0.629. The molecular weight excluding hydrogens is 294 g/mol. The Labute approximate surface area is 123 Å². The van der Waals surface area contributed by atoms with Crippen molar-refractivity contribution >= 4 is 28.9 Å². The maximum absolute atomic E-state index is 11.9. The van der Waals surface area contributed by atoms with Crippen LogP contribution in [-0.2, 0) is 6.54 Å². The molecule has 0 saturated carbocycles. The van der Waals surface area contributed by atoms with Crippen molar-refractivity contribution in [2.75, 3.05) is 5.75 Å². The fourth-order valence-electron chi connectivity index (χ4n) is 1.66. The minimum absolute atomic E-state index is 0.0330. The van der Waals surface area contributed by atoms with E-state index in [1.54, 1.807) is 34.3 Å². The minimum atomic E-state index is 0.0330.